The smallest absolute Gasteiger partial charge is 0.323 e. The summed E-state index contributed by atoms with van der Waals surface area (Å²) in [5.74, 6) is 0.838. The summed E-state index contributed by atoms with van der Waals surface area (Å²) in [4.78, 5) is 29.0. The number of sulfonamides is 1. The first kappa shape index (κ1) is 37.9. The van der Waals surface area contributed by atoms with Gasteiger partial charge in [-0.25, -0.2) is 13.2 Å². The SMILES string of the molecule is Cc1noc(C)c1S(=O)(=O)N(C)C[C@@H]1OCCCC[C@H](C)Oc2ccc(NC(=O)Nc3ccc4c(c3)OCO4)cc2C(=O)N([C@H](C)CO)C[C@H]1C. The Kier molecular flexibility index (Phi) is 12.1. The molecule has 0 radical (unpaired) electrons. The summed E-state index contributed by atoms with van der Waals surface area (Å²) in [7, 11) is -2.48. The van der Waals surface area contributed by atoms with Gasteiger partial charge in [0, 0.05) is 50.1 Å². The molecule has 0 unspecified atom stereocenters. The molecule has 1 aromatic heterocycles. The van der Waals surface area contributed by atoms with Crippen LogP contribution in [0.2, 0.25) is 0 Å². The number of rotatable bonds is 8. The fraction of sp³-hybridized carbons (Fsp3) is 0.514. The molecular formula is C35H47N5O10S. The van der Waals surface area contributed by atoms with Gasteiger partial charge in [-0.2, -0.15) is 4.31 Å². The average Bonchev–Trinajstić information content (AvgIpc) is 3.70. The zero-order valence-corrected chi connectivity index (χ0v) is 30.6. The van der Waals surface area contributed by atoms with Gasteiger partial charge in [-0.3, -0.25) is 4.79 Å². The van der Waals surface area contributed by atoms with E-state index in [1.54, 1.807) is 57.2 Å². The Bertz CT molecular complexity index is 1800. The van der Waals surface area contributed by atoms with Gasteiger partial charge in [-0.1, -0.05) is 12.1 Å². The summed E-state index contributed by atoms with van der Waals surface area (Å²) in [6.45, 7) is 8.94. The van der Waals surface area contributed by atoms with Crippen molar-refractivity contribution < 1.29 is 46.6 Å². The molecule has 3 N–H and O–H groups in total. The Labute approximate surface area is 298 Å². The molecular weight excluding hydrogens is 682 g/mol. The van der Waals surface area contributed by atoms with Crippen molar-refractivity contribution in [3.8, 4) is 17.2 Å². The fourth-order valence-corrected chi connectivity index (χ4v) is 7.55. The number of aliphatic hydroxyl groups excluding tert-OH is 1. The van der Waals surface area contributed by atoms with E-state index in [9.17, 15) is 23.1 Å². The lowest BCUT2D eigenvalue weighted by atomic mass is 10.0. The number of carbonyl (C=O) groups excluding carboxylic acids is 2. The van der Waals surface area contributed by atoms with Crippen LogP contribution in [0.15, 0.2) is 45.8 Å². The van der Waals surface area contributed by atoms with Crippen LogP contribution in [0.3, 0.4) is 0 Å². The Balaban J connectivity index is 1.40. The number of aromatic nitrogens is 1. The van der Waals surface area contributed by atoms with Crippen molar-refractivity contribution in [1.29, 1.82) is 0 Å². The van der Waals surface area contributed by atoms with E-state index in [2.05, 4.69) is 15.8 Å². The number of likely N-dealkylation sites (N-methyl/N-ethyl adjacent to an activating group) is 1. The van der Waals surface area contributed by atoms with Gasteiger partial charge >= 0.3 is 6.03 Å². The Morgan fingerprint density at radius 1 is 1.06 bits per heavy atom. The molecule has 0 bridgehead atoms. The lowest BCUT2D eigenvalue weighted by molar-refractivity contribution is -0.00835. The van der Waals surface area contributed by atoms with Crippen molar-refractivity contribution in [2.45, 2.75) is 77.0 Å². The summed E-state index contributed by atoms with van der Waals surface area (Å²) in [5.41, 5.74) is 1.29. The lowest BCUT2D eigenvalue weighted by Gasteiger charge is -2.35. The number of hydrogen-bond acceptors (Lipinski definition) is 11. The number of nitrogens with zero attached hydrogens (tertiary/aromatic N) is 3. The second-order valence-corrected chi connectivity index (χ2v) is 15.1. The molecule has 0 spiro atoms. The third kappa shape index (κ3) is 8.92. The second kappa shape index (κ2) is 16.3. The predicted molar refractivity (Wildman–Crippen MR) is 188 cm³/mol. The van der Waals surface area contributed by atoms with Gasteiger partial charge in [-0.15, -0.1) is 0 Å². The van der Waals surface area contributed by atoms with Crippen LogP contribution in [0.1, 0.15) is 61.8 Å². The minimum absolute atomic E-state index is 0.00570. The first-order chi connectivity index (χ1) is 24.3. The normalized spacial score (nSPS) is 20.7. The molecule has 0 saturated carbocycles. The van der Waals surface area contributed by atoms with Crippen LogP contribution in [-0.2, 0) is 14.8 Å². The summed E-state index contributed by atoms with van der Waals surface area (Å²) in [6, 6.07) is 8.74. The Hall–Kier alpha value is -4.38. The van der Waals surface area contributed by atoms with Crippen LogP contribution in [-0.4, -0.2) is 98.2 Å². The number of anilines is 2. The number of aliphatic hydroxyl groups is 1. The number of nitrogens with one attached hydrogen (secondary N) is 2. The van der Waals surface area contributed by atoms with Crippen molar-refractivity contribution in [1.82, 2.24) is 14.4 Å². The number of amides is 3. The molecule has 2 aliphatic rings. The number of carbonyl (C=O) groups is 2. The van der Waals surface area contributed by atoms with Gasteiger partial charge in [0.25, 0.3) is 5.91 Å². The molecule has 0 aliphatic carbocycles. The van der Waals surface area contributed by atoms with Gasteiger partial charge in [0.15, 0.2) is 17.3 Å². The minimum Gasteiger partial charge on any atom is -0.490 e. The number of aryl methyl sites for hydroxylation is 2. The molecule has 3 amide bonds. The second-order valence-electron chi connectivity index (χ2n) is 13.1. The molecule has 0 saturated heterocycles. The van der Waals surface area contributed by atoms with Crippen LogP contribution in [0.4, 0.5) is 16.2 Å². The Morgan fingerprint density at radius 2 is 1.75 bits per heavy atom. The van der Waals surface area contributed by atoms with Crippen LogP contribution in [0.25, 0.3) is 0 Å². The van der Waals surface area contributed by atoms with E-state index in [0.717, 1.165) is 6.42 Å². The number of urea groups is 1. The molecule has 0 fully saturated rings. The zero-order chi connectivity index (χ0) is 36.9. The van der Waals surface area contributed by atoms with E-state index in [1.165, 1.54) is 16.3 Å². The van der Waals surface area contributed by atoms with Crippen molar-refractivity contribution in [2.75, 3.05) is 50.8 Å². The maximum Gasteiger partial charge on any atom is 0.323 e. The number of benzene rings is 2. The van der Waals surface area contributed by atoms with Crippen LogP contribution in [0.5, 0.6) is 17.2 Å². The number of hydrogen-bond donors (Lipinski definition) is 3. The molecule has 51 heavy (non-hydrogen) atoms. The van der Waals surface area contributed by atoms with Gasteiger partial charge in [0.2, 0.25) is 16.8 Å². The molecule has 3 heterocycles. The zero-order valence-electron chi connectivity index (χ0n) is 29.8. The van der Waals surface area contributed by atoms with Crippen molar-refractivity contribution in [3.63, 3.8) is 0 Å². The van der Waals surface area contributed by atoms with E-state index < -0.39 is 34.1 Å². The van der Waals surface area contributed by atoms with Crippen LogP contribution < -0.4 is 24.8 Å². The largest absolute Gasteiger partial charge is 0.490 e. The van der Waals surface area contributed by atoms with E-state index in [-0.39, 0.29) is 60.4 Å². The van der Waals surface area contributed by atoms with Crippen molar-refractivity contribution in [2.24, 2.45) is 5.92 Å². The van der Waals surface area contributed by atoms with Crippen LogP contribution >= 0.6 is 0 Å². The highest BCUT2D eigenvalue weighted by Crippen LogP contribution is 2.34. The number of fused-ring (bicyclic) bond motifs is 2. The highest BCUT2D eigenvalue weighted by atomic mass is 32.2. The molecule has 15 nitrogen and oxygen atoms in total. The standard InChI is InChI=1S/C35H47N5O10S/c1-21-17-40(22(2)19-41)34(42)28-15-26(36-35(43)37-27-11-13-30-31(16-27)48-20-47-30)10-12-29(28)49-23(3)9-7-8-14-46-32(21)18-39(6)51(44,45)33-24(4)38-50-25(33)5/h10-13,15-16,21-23,32,41H,7-9,14,17-20H2,1-6H3,(H2,36,37,43)/t21-,22-,23+,32+/m1/s1. The van der Waals surface area contributed by atoms with Gasteiger partial charge in [-0.05, 0) is 77.3 Å². The molecule has 2 aromatic carbocycles. The molecule has 2 aliphatic heterocycles. The molecule has 4 atom stereocenters. The van der Waals surface area contributed by atoms with Gasteiger partial charge in [0.05, 0.1) is 30.4 Å². The monoisotopic (exact) mass is 729 g/mol. The third-order valence-electron chi connectivity index (χ3n) is 9.01. The first-order valence-electron chi connectivity index (χ1n) is 17.0. The van der Waals surface area contributed by atoms with E-state index in [1.807, 2.05) is 13.8 Å². The summed E-state index contributed by atoms with van der Waals surface area (Å²) in [6.07, 6.45) is 1.30. The summed E-state index contributed by atoms with van der Waals surface area (Å²) < 4.78 is 56.9. The van der Waals surface area contributed by atoms with E-state index in [4.69, 9.17) is 23.5 Å². The number of ether oxygens (including phenoxy) is 4. The average molecular weight is 730 g/mol. The maximum atomic E-state index is 14.4. The van der Waals surface area contributed by atoms with E-state index in [0.29, 0.717) is 48.1 Å². The van der Waals surface area contributed by atoms with Gasteiger partial charge in [0.1, 0.15) is 16.3 Å². The van der Waals surface area contributed by atoms with Crippen molar-refractivity contribution >= 4 is 33.3 Å². The fourth-order valence-electron chi connectivity index (χ4n) is 6.08. The topological polar surface area (TPSA) is 182 Å². The quantitative estimate of drug-likeness (QED) is 0.290. The highest BCUT2D eigenvalue weighted by molar-refractivity contribution is 7.89. The van der Waals surface area contributed by atoms with E-state index >= 15 is 0 Å². The van der Waals surface area contributed by atoms with Crippen LogP contribution in [0, 0.1) is 19.8 Å². The summed E-state index contributed by atoms with van der Waals surface area (Å²) in [5, 5.41) is 19.6. The summed E-state index contributed by atoms with van der Waals surface area (Å²) >= 11 is 0. The molecule has 5 rings (SSSR count). The third-order valence-corrected chi connectivity index (χ3v) is 11.1. The predicted octanol–water partition coefficient (Wildman–Crippen LogP) is 4.78. The minimum atomic E-state index is -3.96. The first-order valence-corrected chi connectivity index (χ1v) is 18.4. The highest BCUT2D eigenvalue weighted by Gasteiger charge is 2.34. The lowest BCUT2D eigenvalue weighted by Crippen LogP contribution is -2.48. The molecule has 16 heteroatoms. The maximum absolute atomic E-state index is 14.4. The molecule has 278 valence electrons. The molecule has 3 aromatic rings. The van der Waals surface area contributed by atoms with Crippen molar-refractivity contribution in [3.05, 3.63) is 53.4 Å². The van der Waals surface area contributed by atoms with Gasteiger partial charge < -0.3 is 44.1 Å². The Morgan fingerprint density at radius 3 is 2.43 bits per heavy atom.